The van der Waals surface area contributed by atoms with E-state index < -0.39 is 12.1 Å². The molecule has 11 heteroatoms. The average molecular weight is 422 g/mol. The molecule has 2 atom stereocenters. The second kappa shape index (κ2) is 20.9. The molecule has 0 radical (unpaired) electrons. The number of aliphatic hydroxyl groups excluding tert-OH is 3. The van der Waals surface area contributed by atoms with Gasteiger partial charge in [0, 0.05) is 52.4 Å². The monoisotopic (exact) mass is 420 g/mol. The van der Waals surface area contributed by atoms with Crippen molar-refractivity contribution in [2.24, 2.45) is 0 Å². The molecule has 0 aromatic rings. The van der Waals surface area contributed by atoms with Crippen LogP contribution in [0.5, 0.6) is 0 Å². The molecule has 1 aliphatic heterocycles. The summed E-state index contributed by atoms with van der Waals surface area (Å²) >= 11 is 0. The smallest absolute Gasteiger partial charge is 0.0947 e. The third-order valence-electron chi connectivity index (χ3n) is 3.40. The van der Waals surface area contributed by atoms with Gasteiger partial charge in [0.25, 0.3) is 0 Å². The first-order valence-corrected chi connectivity index (χ1v) is 7.05. The molecular weight excluding hydrogens is 390 g/mol. The number of nitrogens with one attached hydrogen (secondary N) is 3. The van der Waals surface area contributed by atoms with Gasteiger partial charge in [-0.05, 0) is 0 Å². The Kier molecular flexibility index (Phi) is 28.8. The molecule has 7 nitrogen and oxygen atoms in total. The first kappa shape index (κ1) is 31.6. The van der Waals surface area contributed by atoms with Gasteiger partial charge >= 0.3 is 0 Å². The summed E-state index contributed by atoms with van der Waals surface area (Å²) in [5, 5.41) is 38.2. The molecule has 0 aromatic carbocycles. The third-order valence-corrected chi connectivity index (χ3v) is 3.40. The van der Waals surface area contributed by atoms with Crippen molar-refractivity contribution in [3.8, 4) is 0 Å². The van der Waals surface area contributed by atoms with Crippen LogP contribution in [-0.2, 0) is 0 Å². The molecule has 1 heterocycles. The van der Waals surface area contributed by atoms with Gasteiger partial charge < -0.3 is 31.3 Å². The Hall–Kier alpha value is 0.880. The normalized spacial score (nSPS) is 20.0. The molecular formula is C12H32Cl4N4O3. The molecule has 1 aliphatic rings. The van der Waals surface area contributed by atoms with Gasteiger partial charge in [-0.25, -0.2) is 0 Å². The number of nitrogens with zero attached hydrogens (tertiary/aromatic N) is 1. The van der Waals surface area contributed by atoms with E-state index in [1.54, 1.807) is 0 Å². The summed E-state index contributed by atoms with van der Waals surface area (Å²) < 4.78 is 0. The van der Waals surface area contributed by atoms with Crippen molar-refractivity contribution in [3.05, 3.63) is 0 Å². The standard InChI is InChI=1S/C12H28N4O3.4ClH/c17-9-11(12(19)10-18)16-7-5-14-3-1-13-2-4-15-6-8-16;;;;/h11-15,17-19H,1-10H2;4*1H. The third kappa shape index (κ3) is 13.8. The van der Waals surface area contributed by atoms with Crippen LogP contribution in [0.3, 0.4) is 0 Å². The fourth-order valence-electron chi connectivity index (χ4n) is 2.22. The summed E-state index contributed by atoms with van der Waals surface area (Å²) in [6.45, 7) is 6.28. The number of hydrogen-bond donors (Lipinski definition) is 6. The minimum atomic E-state index is -0.903. The Morgan fingerprint density at radius 1 is 0.696 bits per heavy atom. The molecule has 1 saturated heterocycles. The molecule has 0 bridgehead atoms. The van der Waals surface area contributed by atoms with E-state index >= 15 is 0 Å². The quantitative estimate of drug-likeness (QED) is 0.327. The van der Waals surface area contributed by atoms with E-state index in [0.717, 1.165) is 52.4 Å². The molecule has 0 saturated carbocycles. The van der Waals surface area contributed by atoms with Gasteiger partial charge in [0.2, 0.25) is 0 Å². The van der Waals surface area contributed by atoms with Crippen LogP contribution < -0.4 is 16.0 Å². The Balaban J connectivity index is -0.000000451. The second-order valence-corrected chi connectivity index (χ2v) is 4.79. The van der Waals surface area contributed by atoms with Crippen molar-refractivity contribution < 1.29 is 15.3 Å². The van der Waals surface area contributed by atoms with Gasteiger partial charge in [0.1, 0.15) is 0 Å². The van der Waals surface area contributed by atoms with Crippen LogP contribution in [0.25, 0.3) is 0 Å². The van der Waals surface area contributed by atoms with Crippen molar-refractivity contribution in [1.29, 1.82) is 0 Å². The highest BCUT2D eigenvalue weighted by Gasteiger charge is 2.24. The van der Waals surface area contributed by atoms with E-state index in [9.17, 15) is 10.2 Å². The molecule has 1 fully saturated rings. The maximum absolute atomic E-state index is 9.76. The highest BCUT2D eigenvalue weighted by molar-refractivity contribution is 5.86. The average Bonchev–Trinajstić information content (AvgIpc) is 2.41. The van der Waals surface area contributed by atoms with Gasteiger partial charge in [-0.15, -0.1) is 49.6 Å². The molecule has 2 unspecified atom stereocenters. The summed E-state index contributed by atoms with van der Waals surface area (Å²) in [5.74, 6) is 0. The van der Waals surface area contributed by atoms with Crippen molar-refractivity contribution in [2.75, 3.05) is 65.6 Å². The molecule has 0 aliphatic carbocycles. The first-order valence-electron chi connectivity index (χ1n) is 7.05. The largest absolute Gasteiger partial charge is 0.395 e. The lowest BCUT2D eigenvalue weighted by Gasteiger charge is -2.33. The predicted molar refractivity (Wildman–Crippen MR) is 103 cm³/mol. The van der Waals surface area contributed by atoms with Gasteiger partial charge in [-0.2, -0.15) is 0 Å². The van der Waals surface area contributed by atoms with Crippen LogP contribution in [0.15, 0.2) is 0 Å². The van der Waals surface area contributed by atoms with Crippen LogP contribution in [-0.4, -0.2) is 97.9 Å². The molecule has 1 rings (SSSR count). The number of halogens is 4. The van der Waals surface area contributed by atoms with Crippen molar-refractivity contribution in [1.82, 2.24) is 20.9 Å². The molecule has 0 spiro atoms. The van der Waals surface area contributed by atoms with Crippen LogP contribution in [0.4, 0.5) is 0 Å². The minimum Gasteiger partial charge on any atom is -0.395 e. The fraction of sp³-hybridized carbons (Fsp3) is 1.00. The number of rotatable bonds is 4. The summed E-state index contributed by atoms with van der Waals surface area (Å²) in [4.78, 5) is 2.02. The molecule has 6 N–H and O–H groups in total. The minimum absolute atomic E-state index is 0. The topological polar surface area (TPSA) is 100 Å². The number of aliphatic hydroxyl groups is 3. The Morgan fingerprint density at radius 3 is 1.43 bits per heavy atom. The second-order valence-electron chi connectivity index (χ2n) is 4.79. The van der Waals surface area contributed by atoms with Crippen molar-refractivity contribution >= 4 is 49.6 Å². The molecule has 0 aromatic heterocycles. The zero-order valence-electron chi connectivity index (χ0n) is 13.1. The van der Waals surface area contributed by atoms with E-state index in [2.05, 4.69) is 16.0 Å². The lowest BCUT2D eigenvalue weighted by atomic mass is 10.1. The van der Waals surface area contributed by atoms with Crippen LogP contribution in [0.1, 0.15) is 0 Å². The lowest BCUT2D eigenvalue weighted by molar-refractivity contribution is -0.0124. The maximum atomic E-state index is 9.76. The zero-order valence-corrected chi connectivity index (χ0v) is 16.4. The molecule has 23 heavy (non-hydrogen) atoms. The summed E-state index contributed by atoms with van der Waals surface area (Å²) in [6, 6.07) is -0.408. The van der Waals surface area contributed by atoms with Crippen LogP contribution in [0, 0.1) is 0 Å². The maximum Gasteiger partial charge on any atom is 0.0947 e. The molecule has 0 amide bonds. The van der Waals surface area contributed by atoms with E-state index in [1.807, 2.05) is 4.90 Å². The van der Waals surface area contributed by atoms with Gasteiger partial charge in [0.05, 0.1) is 25.4 Å². The van der Waals surface area contributed by atoms with E-state index in [1.165, 1.54) is 0 Å². The predicted octanol–water partition coefficient (Wildman–Crippen LogP) is -1.53. The fourth-order valence-corrected chi connectivity index (χ4v) is 2.22. The highest BCUT2D eigenvalue weighted by atomic mass is 35.5. The Labute approximate surface area is 163 Å². The van der Waals surface area contributed by atoms with Crippen molar-refractivity contribution in [2.45, 2.75) is 12.1 Å². The van der Waals surface area contributed by atoms with Crippen LogP contribution >= 0.6 is 49.6 Å². The summed E-state index contributed by atoms with van der Waals surface area (Å²) in [5.41, 5.74) is 0. The Bertz CT molecular complexity index is 224. The van der Waals surface area contributed by atoms with E-state index in [4.69, 9.17) is 5.11 Å². The Morgan fingerprint density at radius 2 is 1.09 bits per heavy atom. The zero-order chi connectivity index (χ0) is 13.9. The van der Waals surface area contributed by atoms with Crippen molar-refractivity contribution in [3.63, 3.8) is 0 Å². The first-order chi connectivity index (χ1) is 9.29. The summed E-state index contributed by atoms with van der Waals surface area (Å²) in [7, 11) is 0. The van der Waals surface area contributed by atoms with Crippen LogP contribution in [0.2, 0.25) is 0 Å². The summed E-state index contributed by atoms with van der Waals surface area (Å²) in [6.07, 6.45) is -0.903. The van der Waals surface area contributed by atoms with Gasteiger partial charge in [-0.3, -0.25) is 4.90 Å². The SMILES string of the molecule is Cl.Cl.Cl.Cl.OCC(O)C(CO)N1CCNCCNCCNCC1. The van der Waals surface area contributed by atoms with Gasteiger partial charge in [0.15, 0.2) is 0 Å². The van der Waals surface area contributed by atoms with Gasteiger partial charge in [-0.1, -0.05) is 0 Å². The lowest BCUT2D eigenvalue weighted by Crippen LogP contribution is -2.52. The highest BCUT2D eigenvalue weighted by Crippen LogP contribution is 2.04. The number of hydrogen-bond acceptors (Lipinski definition) is 7. The van der Waals surface area contributed by atoms with E-state index in [-0.39, 0.29) is 62.8 Å². The molecule has 146 valence electrons. The van der Waals surface area contributed by atoms with E-state index in [0.29, 0.717) is 0 Å².